The first kappa shape index (κ1) is 14.5. The van der Waals surface area contributed by atoms with Crippen LogP contribution in [-0.4, -0.2) is 16.9 Å². The summed E-state index contributed by atoms with van der Waals surface area (Å²) < 4.78 is 5.64. The summed E-state index contributed by atoms with van der Waals surface area (Å²) in [7, 11) is 0. The lowest BCUT2D eigenvalue weighted by Gasteiger charge is -2.06. The van der Waals surface area contributed by atoms with Crippen LogP contribution in [0.2, 0.25) is 0 Å². The molecule has 0 spiro atoms. The van der Waals surface area contributed by atoms with Crippen molar-refractivity contribution in [2.75, 3.05) is 0 Å². The Hall–Kier alpha value is -2.88. The van der Waals surface area contributed by atoms with Crippen LogP contribution in [-0.2, 0) is 4.79 Å². The van der Waals surface area contributed by atoms with Crippen molar-refractivity contribution in [2.24, 2.45) is 0 Å². The van der Waals surface area contributed by atoms with Gasteiger partial charge in [0.15, 0.2) is 5.78 Å². The number of carboxylic acid groups (broad SMARTS) is 1. The van der Waals surface area contributed by atoms with E-state index in [1.165, 1.54) is 0 Å². The molecule has 0 saturated carbocycles. The molecule has 4 heteroatoms. The van der Waals surface area contributed by atoms with E-state index in [-0.39, 0.29) is 5.78 Å². The van der Waals surface area contributed by atoms with Gasteiger partial charge in [-0.15, -0.1) is 0 Å². The molecule has 0 aliphatic heterocycles. The van der Waals surface area contributed by atoms with E-state index in [2.05, 4.69) is 0 Å². The molecule has 21 heavy (non-hydrogen) atoms. The van der Waals surface area contributed by atoms with Crippen molar-refractivity contribution in [2.45, 2.75) is 6.92 Å². The maximum atomic E-state index is 11.7. The number of ether oxygens (including phenoxy) is 1. The Balaban J connectivity index is 2.06. The van der Waals surface area contributed by atoms with E-state index in [0.717, 1.165) is 17.7 Å². The fourth-order valence-corrected chi connectivity index (χ4v) is 1.67. The zero-order chi connectivity index (χ0) is 15.2. The zero-order valence-electron chi connectivity index (χ0n) is 11.4. The number of benzene rings is 2. The molecule has 0 bridgehead atoms. The maximum absolute atomic E-state index is 11.7. The van der Waals surface area contributed by atoms with Crippen molar-refractivity contribution >= 4 is 11.8 Å². The third kappa shape index (κ3) is 4.31. The van der Waals surface area contributed by atoms with E-state index >= 15 is 0 Å². The molecule has 2 aromatic rings. The standard InChI is InChI=1S/C17H14O4/c1-12-2-6-14(7-3-12)21-15-8-4-13(5-9-15)16(18)10-11-17(19)20/h2-11H,1H3,(H,19,20)/b11-10+. The quantitative estimate of drug-likeness (QED) is 0.672. The number of hydrogen-bond acceptors (Lipinski definition) is 3. The third-order valence-electron chi connectivity index (χ3n) is 2.77. The van der Waals surface area contributed by atoms with Crippen LogP contribution in [0.3, 0.4) is 0 Å². The summed E-state index contributed by atoms with van der Waals surface area (Å²) in [6.45, 7) is 1.99. The van der Waals surface area contributed by atoms with Gasteiger partial charge in [-0.2, -0.15) is 0 Å². The highest BCUT2D eigenvalue weighted by molar-refractivity contribution is 6.06. The highest BCUT2D eigenvalue weighted by atomic mass is 16.5. The molecule has 0 saturated heterocycles. The summed E-state index contributed by atoms with van der Waals surface area (Å²) >= 11 is 0. The minimum Gasteiger partial charge on any atom is -0.478 e. The topological polar surface area (TPSA) is 63.6 Å². The summed E-state index contributed by atoms with van der Waals surface area (Å²) in [4.78, 5) is 22.0. The third-order valence-corrected chi connectivity index (χ3v) is 2.77. The van der Waals surface area contributed by atoms with Gasteiger partial charge in [-0.1, -0.05) is 17.7 Å². The van der Waals surface area contributed by atoms with Gasteiger partial charge in [-0.3, -0.25) is 4.79 Å². The fourth-order valence-electron chi connectivity index (χ4n) is 1.67. The van der Waals surface area contributed by atoms with Crippen molar-refractivity contribution in [3.8, 4) is 11.5 Å². The molecule has 0 aliphatic carbocycles. The Labute approximate surface area is 122 Å². The van der Waals surface area contributed by atoms with Gasteiger partial charge in [-0.05, 0) is 49.4 Å². The normalized spacial score (nSPS) is 10.5. The van der Waals surface area contributed by atoms with Crippen molar-refractivity contribution in [3.63, 3.8) is 0 Å². The molecule has 106 valence electrons. The van der Waals surface area contributed by atoms with Crippen molar-refractivity contribution < 1.29 is 19.4 Å². The lowest BCUT2D eigenvalue weighted by Crippen LogP contribution is -1.96. The smallest absolute Gasteiger partial charge is 0.328 e. The van der Waals surface area contributed by atoms with Gasteiger partial charge in [-0.25, -0.2) is 4.79 Å². The van der Waals surface area contributed by atoms with Gasteiger partial charge in [0, 0.05) is 11.6 Å². The molecule has 0 amide bonds. The predicted molar refractivity (Wildman–Crippen MR) is 78.8 cm³/mol. The van der Waals surface area contributed by atoms with Crippen LogP contribution in [0.25, 0.3) is 0 Å². The van der Waals surface area contributed by atoms with E-state index in [9.17, 15) is 9.59 Å². The van der Waals surface area contributed by atoms with Crippen molar-refractivity contribution in [1.29, 1.82) is 0 Å². The largest absolute Gasteiger partial charge is 0.478 e. The lowest BCUT2D eigenvalue weighted by atomic mass is 10.1. The van der Waals surface area contributed by atoms with Crippen LogP contribution >= 0.6 is 0 Å². The van der Waals surface area contributed by atoms with Gasteiger partial charge in [0.05, 0.1) is 0 Å². The number of carbonyl (C=O) groups is 2. The minimum absolute atomic E-state index is 0.362. The zero-order valence-corrected chi connectivity index (χ0v) is 11.4. The van der Waals surface area contributed by atoms with Gasteiger partial charge in [0.1, 0.15) is 11.5 Å². The maximum Gasteiger partial charge on any atom is 0.328 e. The number of rotatable bonds is 5. The fraction of sp³-hybridized carbons (Fsp3) is 0.0588. The predicted octanol–water partition coefficient (Wildman–Crippen LogP) is 3.61. The molecule has 1 N–H and O–H groups in total. The van der Waals surface area contributed by atoms with Gasteiger partial charge in [0.2, 0.25) is 0 Å². The van der Waals surface area contributed by atoms with E-state index in [1.54, 1.807) is 24.3 Å². The second-order valence-electron chi connectivity index (χ2n) is 4.48. The van der Waals surface area contributed by atoms with Crippen LogP contribution in [0, 0.1) is 6.92 Å². The molecular weight excluding hydrogens is 268 g/mol. The van der Waals surface area contributed by atoms with Gasteiger partial charge in [0.25, 0.3) is 0 Å². The number of aryl methyl sites for hydroxylation is 1. The summed E-state index contributed by atoms with van der Waals surface area (Å²) in [6.07, 6.45) is 1.84. The number of allylic oxidation sites excluding steroid dienone is 1. The molecular formula is C17H14O4. The minimum atomic E-state index is -1.15. The molecule has 0 heterocycles. The van der Waals surface area contributed by atoms with Crippen LogP contribution in [0.1, 0.15) is 15.9 Å². The first-order valence-corrected chi connectivity index (χ1v) is 6.34. The Morgan fingerprint density at radius 3 is 1.95 bits per heavy atom. The Kier molecular flexibility index (Phi) is 4.51. The summed E-state index contributed by atoms with van der Waals surface area (Å²) in [5, 5.41) is 8.48. The summed E-state index contributed by atoms with van der Waals surface area (Å²) in [5.41, 5.74) is 1.55. The number of hydrogen-bond donors (Lipinski definition) is 1. The van der Waals surface area contributed by atoms with Gasteiger partial charge >= 0.3 is 5.97 Å². The molecule has 0 aromatic heterocycles. The first-order chi connectivity index (χ1) is 10.0. The van der Waals surface area contributed by atoms with Crippen molar-refractivity contribution in [1.82, 2.24) is 0 Å². The summed E-state index contributed by atoms with van der Waals surface area (Å²) in [6, 6.07) is 14.2. The lowest BCUT2D eigenvalue weighted by molar-refractivity contribution is -0.131. The summed E-state index contributed by atoms with van der Waals surface area (Å²) in [5.74, 6) is -0.190. The van der Waals surface area contributed by atoms with Crippen molar-refractivity contribution in [3.05, 3.63) is 71.8 Å². The number of ketones is 1. The highest BCUT2D eigenvalue weighted by Crippen LogP contribution is 2.22. The van der Waals surface area contributed by atoms with E-state index in [0.29, 0.717) is 17.1 Å². The highest BCUT2D eigenvalue weighted by Gasteiger charge is 2.03. The average Bonchev–Trinajstić information content (AvgIpc) is 2.48. The molecule has 0 unspecified atom stereocenters. The number of carboxylic acids is 1. The molecule has 0 atom stereocenters. The molecule has 2 aromatic carbocycles. The SMILES string of the molecule is Cc1ccc(Oc2ccc(C(=O)/C=C/C(=O)O)cc2)cc1. The first-order valence-electron chi connectivity index (χ1n) is 6.34. The monoisotopic (exact) mass is 282 g/mol. The number of aliphatic carboxylic acids is 1. The average molecular weight is 282 g/mol. The van der Waals surface area contributed by atoms with Crippen LogP contribution in [0.5, 0.6) is 11.5 Å². The van der Waals surface area contributed by atoms with E-state index in [4.69, 9.17) is 9.84 Å². The molecule has 0 aliphatic rings. The molecule has 0 radical (unpaired) electrons. The Morgan fingerprint density at radius 1 is 0.905 bits per heavy atom. The van der Waals surface area contributed by atoms with E-state index in [1.807, 2.05) is 31.2 Å². The molecule has 0 fully saturated rings. The number of carbonyl (C=O) groups excluding carboxylic acids is 1. The van der Waals surface area contributed by atoms with Crippen LogP contribution in [0.4, 0.5) is 0 Å². The van der Waals surface area contributed by atoms with Crippen LogP contribution < -0.4 is 4.74 Å². The Morgan fingerprint density at radius 2 is 1.43 bits per heavy atom. The molecule has 2 rings (SSSR count). The van der Waals surface area contributed by atoms with Crippen LogP contribution in [0.15, 0.2) is 60.7 Å². The molecule has 4 nitrogen and oxygen atoms in total. The van der Waals surface area contributed by atoms with E-state index < -0.39 is 5.97 Å². The van der Waals surface area contributed by atoms with Gasteiger partial charge < -0.3 is 9.84 Å². The Bertz CT molecular complexity index is 667. The second kappa shape index (κ2) is 6.52. The second-order valence-corrected chi connectivity index (χ2v) is 4.48.